The van der Waals surface area contributed by atoms with Crippen LogP contribution in [0.3, 0.4) is 0 Å². The maximum Gasteiger partial charge on any atom is 0.379 e. The third-order valence-electron chi connectivity index (χ3n) is 5.56. The van der Waals surface area contributed by atoms with E-state index < -0.39 is 11.8 Å². The number of methoxy groups -OCH3 is 1. The zero-order valence-electron chi connectivity index (χ0n) is 16.0. The Morgan fingerprint density at radius 3 is 2.39 bits per heavy atom. The number of benzene rings is 2. The first-order valence-electron chi connectivity index (χ1n) is 9.66. The van der Waals surface area contributed by atoms with Crippen molar-refractivity contribution in [2.45, 2.75) is 25.4 Å². The SMILES string of the molecule is COC(=O)C(=O)c1cn(C2CCN(Cc3ccccc3)CC2)c2ccccc12. The van der Waals surface area contributed by atoms with Gasteiger partial charge in [0.05, 0.1) is 12.7 Å². The van der Waals surface area contributed by atoms with Gasteiger partial charge < -0.3 is 9.30 Å². The van der Waals surface area contributed by atoms with E-state index in [9.17, 15) is 9.59 Å². The van der Waals surface area contributed by atoms with Crippen LogP contribution >= 0.6 is 0 Å². The molecule has 1 aliphatic heterocycles. The van der Waals surface area contributed by atoms with E-state index in [2.05, 4.69) is 38.5 Å². The normalized spacial score (nSPS) is 15.6. The van der Waals surface area contributed by atoms with E-state index in [1.54, 1.807) is 0 Å². The first-order valence-corrected chi connectivity index (χ1v) is 9.66. The van der Waals surface area contributed by atoms with Crippen LogP contribution in [0.25, 0.3) is 10.9 Å². The number of ether oxygens (including phenoxy) is 1. The summed E-state index contributed by atoms with van der Waals surface area (Å²) in [6, 6.07) is 18.6. The number of para-hydroxylation sites is 1. The van der Waals surface area contributed by atoms with Crippen molar-refractivity contribution in [3.8, 4) is 0 Å². The Morgan fingerprint density at radius 1 is 1.00 bits per heavy atom. The maximum absolute atomic E-state index is 12.4. The molecule has 144 valence electrons. The summed E-state index contributed by atoms with van der Waals surface area (Å²) in [6.45, 7) is 2.98. The molecule has 0 spiro atoms. The lowest BCUT2D eigenvalue weighted by Gasteiger charge is -2.33. The molecule has 0 aliphatic carbocycles. The van der Waals surface area contributed by atoms with Crippen LogP contribution in [0.2, 0.25) is 0 Å². The fraction of sp³-hybridized carbons (Fsp3) is 0.304. The lowest BCUT2D eigenvalue weighted by atomic mass is 10.0. The maximum atomic E-state index is 12.4. The fourth-order valence-corrected chi connectivity index (χ4v) is 4.09. The number of Topliss-reactive ketones (excluding diaryl/α,β-unsaturated/α-hetero) is 1. The first-order chi connectivity index (χ1) is 13.7. The summed E-state index contributed by atoms with van der Waals surface area (Å²) in [7, 11) is 1.24. The smallest absolute Gasteiger partial charge is 0.379 e. The number of likely N-dealkylation sites (tertiary alicyclic amines) is 1. The van der Waals surface area contributed by atoms with Crippen LogP contribution in [-0.4, -0.2) is 41.4 Å². The molecule has 5 nitrogen and oxygen atoms in total. The molecule has 0 N–H and O–H groups in total. The number of hydrogen-bond donors (Lipinski definition) is 0. The number of carbonyl (C=O) groups is 2. The predicted octanol–water partition coefficient (Wildman–Crippen LogP) is 3.83. The van der Waals surface area contributed by atoms with Crippen LogP contribution in [0, 0.1) is 0 Å². The fourth-order valence-electron chi connectivity index (χ4n) is 4.09. The highest BCUT2D eigenvalue weighted by Gasteiger charge is 2.26. The molecule has 0 unspecified atom stereocenters. The van der Waals surface area contributed by atoms with Crippen molar-refractivity contribution in [1.82, 2.24) is 9.47 Å². The van der Waals surface area contributed by atoms with Gasteiger partial charge in [0.2, 0.25) is 0 Å². The van der Waals surface area contributed by atoms with Gasteiger partial charge in [0.25, 0.3) is 5.78 Å². The second kappa shape index (κ2) is 7.98. The second-order valence-electron chi connectivity index (χ2n) is 7.28. The lowest BCUT2D eigenvalue weighted by molar-refractivity contribution is -0.135. The molecule has 1 aromatic heterocycles. The Kier molecular flexibility index (Phi) is 5.26. The standard InChI is InChI=1S/C23H24N2O3/c1-28-23(27)22(26)20-16-25(21-10-6-5-9-19(20)21)18-11-13-24(14-12-18)15-17-7-3-2-4-8-17/h2-10,16,18H,11-15H2,1H3. The van der Waals surface area contributed by atoms with E-state index in [1.807, 2.05) is 36.5 Å². The van der Waals surface area contributed by atoms with Gasteiger partial charge in [0.1, 0.15) is 0 Å². The van der Waals surface area contributed by atoms with Gasteiger partial charge in [-0.2, -0.15) is 0 Å². The van der Waals surface area contributed by atoms with E-state index in [1.165, 1.54) is 12.7 Å². The van der Waals surface area contributed by atoms with Crippen LogP contribution in [0.4, 0.5) is 0 Å². The molecule has 1 fully saturated rings. The largest absolute Gasteiger partial charge is 0.463 e. The molecule has 5 heteroatoms. The zero-order chi connectivity index (χ0) is 19.5. The van der Waals surface area contributed by atoms with Gasteiger partial charge in [-0.05, 0) is 24.5 Å². The van der Waals surface area contributed by atoms with E-state index in [-0.39, 0.29) is 0 Å². The molecule has 1 saturated heterocycles. The Morgan fingerprint density at radius 2 is 1.68 bits per heavy atom. The van der Waals surface area contributed by atoms with E-state index in [0.717, 1.165) is 43.4 Å². The van der Waals surface area contributed by atoms with Crippen LogP contribution in [0.15, 0.2) is 60.8 Å². The molecule has 3 aromatic rings. The third-order valence-corrected chi connectivity index (χ3v) is 5.56. The minimum Gasteiger partial charge on any atom is -0.463 e. The molecule has 2 heterocycles. The number of esters is 1. The van der Waals surface area contributed by atoms with Crippen LogP contribution in [0.1, 0.15) is 34.8 Å². The summed E-state index contributed by atoms with van der Waals surface area (Å²) in [6.07, 6.45) is 3.86. The van der Waals surface area contributed by atoms with Crippen molar-refractivity contribution in [1.29, 1.82) is 0 Å². The number of fused-ring (bicyclic) bond motifs is 1. The lowest BCUT2D eigenvalue weighted by Crippen LogP contribution is -2.34. The molecule has 0 atom stereocenters. The van der Waals surface area contributed by atoms with Gasteiger partial charge in [0, 0.05) is 42.8 Å². The second-order valence-corrected chi connectivity index (χ2v) is 7.28. The van der Waals surface area contributed by atoms with Crippen LogP contribution in [0.5, 0.6) is 0 Å². The van der Waals surface area contributed by atoms with Gasteiger partial charge >= 0.3 is 5.97 Å². The molecule has 4 rings (SSSR count). The monoisotopic (exact) mass is 376 g/mol. The van der Waals surface area contributed by atoms with E-state index >= 15 is 0 Å². The number of hydrogen-bond acceptors (Lipinski definition) is 4. The number of ketones is 1. The van der Waals surface area contributed by atoms with Gasteiger partial charge in [-0.3, -0.25) is 9.69 Å². The summed E-state index contributed by atoms with van der Waals surface area (Å²) in [5.41, 5.74) is 2.75. The molecule has 0 amide bonds. The van der Waals surface area contributed by atoms with Gasteiger partial charge in [-0.1, -0.05) is 48.5 Å². The first kappa shape index (κ1) is 18.4. The van der Waals surface area contributed by atoms with Gasteiger partial charge in [-0.15, -0.1) is 0 Å². The number of carbonyl (C=O) groups excluding carboxylic acids is 2. The summed E-state index contributed by atoms with van der Waals surface area (Å²) in [4.78, 5) is 26.7. The summed E-state index contributed by atoms with van der Waals surface area (Å²) < 4.78 is 6.81. The van der Waals surface area contributed by atoms with Crippen molar-refractivity contribution in [2.24, 2.45) is 0 Å². The summed E-state index contributed by atoms with van der Waals surface area (Å²) in [5.74, 6) is -1.40. The van der Waals surface area contributed by atoms with Crippen molar-refractivity contribution in [3.05, 3.63) is 71.9 Å². The Labute approximate surface area is 164 Å². The Hall–Kier alpha value is -2.92. The molecule has 0 radical (unpaired) electrons. The van der Waals surface area contributed by atoms with Crippen LogP contribution < -0.4 is 0 Å². The van der Waals surface area contributed by atoms with Crippen molar-refractivity contribution < 1.29 is 14.3 Å². The molecular formula is C23H24N2O3. The quantitative estimate of drug-likeness (QED) is 0.386. The number of rotatable bonds is 5. The van der Waals surface area contributed by atoms with Crippen LogP contribution in [-0.2, 0) is 16.1 Å². The predicted molar refractivity (Wildman–Crippen MR) is 108 cm³/mol. The zero-order valence-corrected chi connectivity index (χ0v) is 16.0. The Bertz CT molecular complexity index is 986. The molecule has 0 bridgehead atoms. The van der Waals surface area contributed by atoms with E-state index in [0.29, 0.717) is 11.6 Å². The Balaban J connectivity index is 1.54. The average Bonchev–Trinajstić information content (AvgIpc) is 3.13. The number of aromatic nitrogens is 1. The highest BCUT2D eigenvalue weighted by molar-refractivity contribution is 6.43. The molecular weight excluding hydrogens is 352 g/mol. The summed E-state index contributed by atoms with van der Waals surface area (Å²) >= 11 is 0. The minimum atomic E-state index is -0.819. The molecule has 2 aromatic carbocycles. The highest BCUT2D eigenvalue weighted by atomic mass is 16.5. The number of piperidine rings is 1. The van der Waals surface area contributed by atoms with Crippen molar-refractivity contribution >= 4 is 22.7 Å². The third kappa shape index (κ3) is 3.58. The van der Waals surface area contributed by atoms with E-state index in [4.69, 9.17) is 0 Å². The topological polar surface area (TPSA) is 51.5 Å². The molecule has 1 aliphatic rings. The average molecular weight is 376 g/mol. The van der Waals surface area contributed by atoms with Crippen molar-refractivity contribution in [2.75, 3.05) is 20.2 Å². The summed E-state index contributed by atoms with van der Waals surface area (Å²) in [5, 5.41) is 0.810. The molecule has 0 saturated carbocycles. The van der Waals surface area contributed by atoms with Crippen molar-refractivity contribution in [3.63, 3.8) is 0 Å². The molecule has 28 heavy (non-hydrogen) atoms. The highest BCUT2D eigenvalue weighted by Crippen LogP contribution is 2.31. The van der Waals surface area contributed by atoms with Gasteiger partial charge in [0.15, 0.2) is 0 Å². The minimum absolute atomic E-state index is 0.316. The van der Waals surface area contributed by atoms with Gasteiger partial charge in [-0.25, -0.2) is 4.79 Å². The number of nitrogens with zero attached hydrogens (tertiary/aromatic N) is 2.